The van der Waals surface area contributed by atoms with E-state index in [-0.39, 0.29) is 0 Å². The average Bonchev–Trinajstić information content (AvgIpc) is 2.68. The van der Waals surface area contributed by atoms with Crippen molar-refractivity contribution in [2.75, 3.05) is 48.5 Å². The Morgan fingerprint density at radius 2 is 1.67 bits per heavy atom. The predicted octanol–water partition coefficient (Wildman–Crippen LogP) is 2.50. The van der Waals surface area contributed by atoms with E-state index in [2.05, 4.69) is 41.4 Å². The first kappa shape index (κ1) is 22.9. The lowest BCUT2D eigenvalue weighted by atomic mass is 10.2. The SMILES string of the molecule is CN=C(NCCCCN(C)C(C)C)NCc1cc(OC)c(OC)c(OC)c1. The highest BCUT2D eigenvalue weighted by Gasteiger charge is 2.13. The molecule has 0 heterocycles. The van der Waals surface area contributed by atoms with E-state index < -0.39 is 0 Å². The van der Waals surface area contributed by atoms with Gasteiger partial charge in [0.2, 0.25) is 5.75 Å². The third kappa shape index (κ3) is 7.54. The van der Waals surface area contributed by atoms with Crippen LogP contribution in [0.15, 0.2) is 17.1 Å². The summed E-state index contributed by atoms with van der Waals surface area (Å²) in [7, 11) is 8.77. The Bertz CT molecular complexity index is 566. The van der Waals surface area contributed by atoms with Gasteiger partial charge in [0.1, 0.15) is 0 Å². The number of rotatable bonds is 11. The maximum absolute atomic E-state index is 5.40. The van der Waals surface area contributed by atoms with Crippen LogP contribution in [0.5, 0.6) is 17.2 Å². The van der Waals surface area contributed by atoms with Crippen molar-refractivity contribution in [2.45, 2.75) is 39.3 Å². The number of nitrogens with zero attached hydrogens (tertiary/aromatic N) is 2. The number of nitrogens with one attached hydrogen (secondary N) is 2. The van der Waals surface area contributed by atoms with E-state index in [9.17, 15) is 0 Å². The van der Waals surface area contributed by atoms with E-state index in [1.165, 1.54) is 0 Å². The molecule has 1 aromatic rings. The lowest BCUT2D eigenvalue weighted by molar-refractivity contribution is 0.268. The molecule has 0 atom stereocenters. The summed E-state index contributed by atoms with van der Waals surface area (Å²) >= 11 is 0. The predicted molar refractivity (Wildman–Crippen MR) is 111 cm³/mol. The first-order valence-electron chi connectivity index (χ1n) is 9.40. The van der Waals surface area contributed by atoms with Crippen molar-refractivity contribution in [3.8, 4) is 17.2 Å². The highest BCUT2D eigenvalue weighted by molar-refractivity contribution is 5.79. The molecule has 0 saturated carbocycles. The third-order valence-electron chi connectivity index (χ3n) is 4.52. The Hall–Kier alpha value is -2.15. The second kappa shape index (κ2) is 12.3. The molecule has 2 N–H and O–H groups in total. The summed E-state index contributed by atoms with van der Waals surface area (Å²) in [5.41, 5.74) is 1.02. The second-order valence-corrected chi connectivity index (χ2v) is 6.67. The van der Waals surface area contributed by atoms with Gasteiger partial charge in [0.25, 0.3) is 0 Å². The molecule has 1 rings (SSSR count). The first-order chi connectivity index (χ1) is 13.0. The molecule has 0 fully saturated rings. The zero-order valence-electron chi connectivity index (χ0n) is 17.9. The van der Waals surface area contributed by atoms with Gasteiger partial charge in [0.05, 0.1) is 21.3 Å². The van der Waals surface area contributed by atoms with Gasteiger partial charge in [-0.25, -0.2) is 0 Å². The number of aliphatic imine (C=N–C) groups is 1. The van der Waals surface area contributed by atoms with Crippen molar-refractivity contribution in [3.63, 3.8) is 0 Å². The topological polar surface area (TPSA) is 67.4 Å². The summed E-state index contributed by atoms with van der Waals surface area (Å²) in [6, 6.07) is 4.46. The summed E-state index contributed by atoms with van der Waals surface area (Å²) in [5.74, 6) is 2.66. The lowest BCUT2D eigenvalue weighted by Crippen LogP contribution is -2.37. The molecule has 0 bridgehead atoms. The van der Waals surface area contributed by atoms with Gasteiger partial charge in [-0.2, -0.15) is 0 Å². The smallest absolute Gasteiger partial charge is 0.203 e. The summed E-state index contributed by atoms with van der Waals surface area (Å²) in [5, 5.41) is 6.68. The summed E-state index contributed by atoms with van der Waals surface area (Å²) < 4.78 is 16.2. The molecule has 27 heavy (non-hydrogen) atoms. The Morgan fingerprint density at radius 1 is 1.04 bits per heavy atom. The second-order valence-electron chi connectivity index (χ2n) is 6.67. The van der Waals surface area contributed by atoms with Crippen LogP contribution in [0.2, 0.25) is 0 Å². The normalized spacial score (nSPS) is 11.7. The van der Waals surface area contributed by atoms with E-state index in [1.54, 1.807) is 28.4 Å². The summed E-state index contributed by atoms with van der Waals surface area (Å²) in [6.45, 7) is 7.03. The zero-order valence-corrected chi connectivity index (χ0v) is 17.9. The van der Waals surface area contributed by atoms with Gasteiger partial charge in [-0.3, -0.25) is 4.99 Å². The quantitative estimate of drug-likeness (QED) is 0.349. The van der Waals surface area contributed by atoms with Crippen LogP contribution in [0.25, 0.3) is 0 Å². The number of ether oxygens (including phenoxy) is 3. The molecule has 0 aliphatic heterocycles. The van der Waals surface area contributed by atoms with Gasteiger partial charge in [-0.15, -0.1) is 0 Å². The number of benzene rings is 1. The van der Waals surface area contributed by atoms with Crippen LogP contribution in [0.3, 0.4) is 0 Å². The largest absolute Gasteiger partial charge is 0.493 e. The number of methoxy groups -OCH3 is 3. The molecule has 0 amide bonds. The van der Waals surface area contributed by atoms with Gasteiger partial charge >= 0.3 is 0 Å². The molecule has 0 radical (unpaired) electrons. The molecule has 7 nitrogen and oxygen atoms in total. The van der Waals surface area contributed by atoms with Crippen molar-refractivity contribution in [2.24, 2.45) is 4.99 Å². The van der Waals surface area contributed by atoms with Crippen LogP contribution in [-0.2, 0) is 6.54 Å². The van der Waals surface area contributed by atoms with Crippen LogP contribution in [0.1, 0.15) is 32.3 Å². The van der Waals surface area contributed by atoms with Gasteiger partial charge in [0.15, 0.2) is 17.5 Å². The van der Waals surface area contributed by atoms with Crippen LogP contribution in [-0.4, -0.2) is 65.4 Å². The molecule has 154 valence electrons. The highest BCUT2D eigenvalue weighted by atomic mass is 16.5. The molecule has 0 unspecified atom stereocenters. The molecule has 7 heteroatoms. The van der Waals surface area contributed by atoms with Crippen molar-refractivity contribution >= 4 is 5.96 Å². The Kier molecular flexibility index (Phi) is 10.4. The standard InChI is InChI=1S/C20H36N4O3/c1-15(2)24(4)11-9-8-10-22-20(21-3)23-14-16-12-17(25-5)19(27-7)18(13-16)26-6/h12-13,15H,8-11,14H2,1-7H3,(H2,21,22,23). The first-order valence-corrected chi connectivity index (χ1v) is 9.40. The van der Waals surface area contributed by atoms with Crippen LogP contribution in [0.4, 0.5) is 0 Å². The monoisotopic (exact) mass is 380 g/mol. The maximum Gasteiger partial charge on any atom is 0.203 e. The van der Waals surface area contributed by atoms with E-state index >= 15 is 0 Å². The van der Waals surface area contributed by atoms with Crippen molar-refractivity contribution in [1.29, 1.82) is 0 Å². The number of unbranched alkanes of at least 4 members (excludes halogenated alkanes) is 1. The Labute approximate surface area is 164 Å². The Balaban J connectivity index is 2.51. The summed E-state index contributed by atoms with van der Waals surface area (Å²) in [6.07, 6.45) is 2.26. The maximum atomic E-state index is 5.40. The molecule has 0 spiro atoms. The van der Waals surface area contributed by atoms with E-state index in [1.807, 2.05) is 12.1 Å². The molecule has 1 aromatic carbocycles. The van der Waals surface area contributed by atoms with Crippen molar-refractivity contribution < 1.29 is 14.2 Å². The fourth-order valence-electron chi connectivity index (χ4n) is 2.60. The van der Waals surface area contributed by atoms with Crippen LogP contribution in [0, 0.1) is 0 Å². The summed E-state index contributed by atoms with van der Waals surface area (Å²) in [4.78, 5) is 6.64. The van der Waals surface area contributed by atoms with Gasteiger partial charge in [-0.05, 0) is 58.0 Å². The average molecular weight is 381 g/mol. The molecule has 0 aliphatic carbocycles. The van der Waals surface area contributed by atoms with Crippen molar-refractivity contribution in [1.82, 2.24) is 15.5 Å². The third-order valence-corrected chi connectivity index (χ3v) is 4.52. The van der Waals surface area contributed by atoms with Crippen LogP contribution >= 0.6 is 0 Å². The molecule has 0 aliphatic rings. The number of hydrogen-bond acceptors (Lipinski definition) is 5. The number of guanidine groups is 1. The number of hydrogen-bond donors (Lipinski definition) is 2. The zero-order chi connectivity index (χ0) is 20.2. The molecular formula is C20H36N4O3. The minimum atomic E-state index is 0.589. The van der Waals surface area contributed by atoms with Gasteiger partial charge in [0, 0.05) is 26.2 Å². The fraction of sp³-hybridized carbons (Fsp3) is 0.650. The molecule has 0 aromatic heterocycles. The molecular weight excluding hydrogens is 344 g/mol. The van der Waals surface area contributed by atoms with E-state index in [4.69, 9.17) is 14.2 Å². The fourth-order valence-corrected chi connectivity index (χ4v) is 2.60. The van der Waals surface area contributed by atoms with E-state index in [0.29, 0.717) is 29.8 Å². The Morgan fingerprint density at radius 3 is 2.15 bits per heavy atom. The highest BCUT2D eigenvalue weighted by Crippen LogP contribution is 2.38. The van der Waals surface area contributed by atoms with Crippen LogP contribution < -0.4 is 24.8 Å². The van der Waals surface area contributed by atoms with Gasteiger partial charge < -0.3 is 29.7 Å². The minimum Gasteiger partial charge on any atom is -0.493 e. The van der Waals surface area contributed by atoms with Gasteiger partial charge in [-0.1, -0.05) is 0 Å². The van der Waals surface area contributed by atoms with Crippen molar-refractivity contribution in [3.05, 3.63) is 17.7 Å². The minimum absolute atomic E-state index is 0.589. The molecule has 0 saturated heterocycles. The van der Waals surface area contributed by atoms with E-state index in [0.717, 1.165) is 37.5 Å². The lowest BCUT2D eigenvalue weighted by Gasteiger charge is -2.20.